The van der Waals surface area contributed by atoms with Crippen LogP contribution in [0.25, 0.3) is 0 Å². The molecule has 0 unspecified atom stereocenters. The first kappa shape index (κ1) is 15.2. The van der Waals surface area contributed by atoms with E-state index in [9.17, 15) is 4.79 Å². The number of anilines is 1. The number of benzene rings is 1. The highest BCUT2D eigenvalue weighted by molar-refractivity contribution is 9.10. The molecule has 0 saturated heterocycles. The summed E-state index contributed by atoms with van der Waals surface area (Å²) in [5.74, 6) is 0.00859. The second kappa shape index (κ2) is 7.52. The van der Waals surface area contributed by atoms with Gasteiger partial charge in [-0.1, -0.05) is 15.9 Å². The lowest BCUT2D eigenvalue weighted by atomic mass is 10.3. The van der Waals surface area contributed by atoms with Crippen LogP contribution in [-0.4, -0.2) is 17.4 Å². The van der Waals surface area contributed by atoms with Crippen molar-refractivity contribution in [3.8, 4) is 0 Å². The van der Waals surface area contributed by atoms with Crippen LogP contribution in [0.4, 0.5) is 5.69 Å². The zero-order valence-electron chi connectivity index (χ0n) is 11.1. The lowest BCUT2D eigenvalue weighted by Crippen LogP contribution is -2.21. The fourth-order valence-corrected chi connectivity index (χ4v) is 2.54. The van der Waals surface area contributed by atoms with Crippen molar-refractivity contribution in [2.75, 3.05) is 11.9 Å². The van der Waals surface area contributed by atoms with E-state index in [1.165, 1.54) is 0 Å². The third-order valence-electron chi connectivity index (χ3n) is 2.63. The van der Waals surface area contributed by atoms with Gasteiger partial charge in [-0.3, -0.25) is 4.79 Å². The Morgan fingerprint density at radius 3 is 2.75 bits per heavy atom. The lowest BCUT2D eigenvalue weighted by molar-refractivity contribution is -0.116. The normalized spacial score (nSPS) is 10.5. The maximum absolute atomic E-state index is 11.7. The SMILES string of the molecule is Cc1nc(CNCCC(=O)Nc2ccc(Br)cc2)cs1. The average Bonchev–Trinajstić information content (AvgIpc) is 2.83. The summed E-state index contributed by atoms with van der Waals surface area (Å²) in [6.07, 6.45) is 0.444. The molecule has 2 N–H and O–H groups in total. The van der Waals surface area contributed by atoms with Crippen molar-refractivity contribution in [2.45, 2.75) is 19.9 Å². The molecule has 0 saturated carbocycles. The Morgan fingerprint density at radius 2 is 2.10 bits per heavy atom. The molecule has 0 aliphatic rings. The molecule has 2 aromatic rings. The summed E-state index contributed by atoms with van der Waals surface area (Å²) in [7, 11) is 0. The van der Waals surface area contributed by atoms with Crippen molar-refractivity contribution < 1.29 is 4.79 Å². The molecule has 1 aromatic heterocycles. The molecular formula is C14H16BrN3OS. The summed E-state index contributed by atoms with van der Waals surface area (Å²) in [6.45, 7) is 3.33. The van der Waals surface area contributed by atoms with Crippen LogP contribution in [-0.2, 0) is 11.3 Å². The molecule has 1 amide bonds. The van der Waals surface area contributed by atoms with Gasteiger partial charge < -0.3 is 10.6 Å². The third kappa shape index (κ3) is 5.03. The Bertz CT molecular complexity index is 568. The number of amides is 1. The van der Waals surface area contributed by atoms with Crippen LogP contribution in [0.5, 0.6) is 0 Å². The summed E-state index contributed by atoms with van der Waals surface area (Å²) in [4.78, 5) is 16.1. The van der Waals surface area contributed by atoms with Crippen molar-refractivity contribution in [1.29, 1.82) is 0 Å². The maximum Gasteiger partial charge on any atom is 0.225 e. The number of aryl methyl sites for hydroxylation is 1. The summed E-state index contributed by atoms with van der Waals surface area (Å²) >= 11 is 5.00. The number of nitrogens with one attached hydrogen (secondary N) is 2. The van der Waals surface area contributed by atoms with E-state index in [0.717, 1.165) is 20.9 Å². The summed E-state index contributed by atoms with van der Waals surface area (Å²) in [5.41, 5.74) is 1.84. The smallest absolute Gasteiger partial charge is 0.225 e. The first-order valence-electron chi connectivity index (χ1n) is 6.30. The van der Waals surface area contributed by atoms with Gasteiger partial charge in [0.05, 0.1) is 10.7 Å². The fraction of sp³-hybridized carbons (Fsp3) is 0.286. The van der Waals surface area contributed by atoms with E-state index in [1.807, 2.05) is 36.6 Å². The zero-order chi connectivity index (χ0) is 14.4. The van der Waals surface area contributed by atoms with Crippen LogP contribution in [0.2, 0.25) is 0 Å². The maximum atomic E-state index is 11.7. The Balaban J connectivity index is 1.66. The van der Waals surface area contributed by atoms with Gasteiger partial charge in [0.2, 0.25) is 5.91 Å². The Morgan fingerprint density at radius 1 is 1.35 bits per heavy atom. The number of aromatic nitrogens is 1. The monoisotopic (exact) mass is 353 g/mol. The molecule has 0 fully saturated rings. The number of halogens is 1. The minimum atomic E-state index is 0.00859. The fourth-order valence-electron chi connectivity index (χ4n) is 1.66. The molecule has 0 aliphatic carbocycles. The van der Waals surface area contributed by atoms with Gasteiger partial charge in [-0.05, 0) is 31.2 Å². The molecule has 106 valence electrons. The van der Waals surface area contributed by atoms with Gasteiger partial charge in [-0.15, -0.1) is 11.3 Å². The van der Waals surface area contributed by atoms with Crippen LogP contribution >= 0.6 is 27.3 Å². The highest BCUT2D eigenvalue weighted by Crippen LogP contribution is 2.14. The molecule has 6 heteroatoms. The van der Waals surface area contributed by atoms with E-state index in [1.54, 1.807) is 11.3 Å². The van der Waals surface area contributed by atoms with Gasteiger partial charge in [0, 0.05) is 35.1 Å². The molecule has 1 heterocycles. The van der Waals surface area contributed by atoms with Gasteiger partial charge in [0.25, 0.3) is 0 Å². The minimum absolute atomic E-state index is 0.00859. The third-order valence-corrected chi connectivity index (χ3v) is 3.98. The molecule has 0 bridgehead atoms. The van der Waals surface area contributed by atoms with Gasteiger partial charge in [0.1, 0.15) is 0 Å². The number of thiazole rings is 1. The van der Waals surface area contributed by atoms with Gasteiger partial charge >= 0.3 is 0 Å². The highest BCUT2D eigenvalue weighted by atomic mass is 79.9. The number of carbonyl (C=O) groups is 1. The van der Waals surface area contributed by atoms with Crippen molar-refractivity contribution >= 4 is 38.9 Å². The van der Waals surface area contributed by atoms with Gasteiger partial charge in [-0.25, -0.2) is 4.98 Å². The second-order valence-corrected chi connectivity index (χ2v) is 6.32. The molecule has 2 rings (SSSR count). The van der Waals surface area contributed by atoms with E-state index in [2.05, 4.69) is 31.5 Å². The van der Waals surface area contributed by atoms with Crippen LogP contribution in [0, 0.1) is 6.92 Å². The molecule has 0 radical (unpaired) electrons. The number of hydrogen-bond donors (Lipinski definition) is 2. The van der Waals surface area contributed by atoms with Crippen molar-refractivity contribution in [3.05, 3.63) is 44.8 Å². The average molecular weight is 354 g/mol. The summed E-state index contributed by atoms with van der Waals surface area (Å²) < 4.78 is 0.996. The minimum Gasteiger partial charge on any atom is -0.326 e. The molecule has 0 spiro atoms. The predicted octanol–water partition coefficient (Wildman–Crippen LogP) is 3.33. The van der Waals surface area contributed by atoms with E-state index in [4.69, 9.17) is 0 Å². The number of hydrogen-bond acceptors (Lipinski definition) is 4. The molecule has 0 atom stereocenters. The predicted molar refractivity (Wildman–Crippen MR) is 85.9 cm³/mol. The zero-order valence-corrected chi connectivity index (χ0v) is 13.6. The topological polar surface area (TPSA) is 54.0 Å². The largest absolute Gasteiger partial charge is 0.326 e. The van der Waals surface area contributed by atoms with Crippen LogP contribution < -0.4 is 10.6 Å². The number of carbonyl (C=O) groups excluding carboxylic acids is 1. The standard InChI is InChI=1S/C14H16BrN3OS/c1-10-17-13(9-20-10)8-16-7-6-14(19)18-12-4-2-11(15)3-5-12/h2-5,9,16H,6-8H2,1H3,(H,18,19). The number of nitrogens with zero attached hydrogens (tertiary/aromatic N) is 1. The number of rotatable bonds is 6. The van der Waals surface area contributed by atoms with Gasteiger partial charge in [-0.2, -0.15) is 0 Å². The van der Waals surface area contributed by atoms with E-state index >= 15 is 0 Å². The Hall–Kier alpha value is -1.24. The van der Waals surface area contributed by atoms with Gasteiger partial charge in [0.15, 0.2) is 0 Å². The quantitative estimate of drug-likeness (QED) is 0.783. The van der Waals surface area contributed by atoms with E-state index in [-0.39, 0.29) is 5.91 Å². The first-order chi connectivity index (χ1) is 9.63. The van der Waals surface area contributed by atoms with Crippen molar-refractivity contribution in [3.63, 3.8) is 0 Å². The highest BCUT2D eigenvalue weighted by Gasteiger charge is 2.03. The Kier molecular flexibility index (Phi) is 5.70. The molecular weight excluding hydrogens is 338 g/mol. The van der Waals surface area contributed by atoms with E-state index < -0.39 is 0 Å². The molecule has 1 aromatic carbocycles. The summed E-state index contributed by atoms with van der Waals surface area (Å²) in [5, 5.41) is 9.17. The molecule has 20 heavy (non-hydrogen) atoms. The van der Waals surface area contributed by atoms with Crippen molar-refractivity contribution in [1.82, 2.24) is 10.3 Å². The lowest BCUT2D eigenvalue weighted by Gasteiger charge is -2.06. The van der Waals surface area contributed by atoms with Crippen molar-refractivity contribution in [2.24, 2.45) is 0 Å². The Labute approximate surface area is 130 Å². The first-order valence-corrected chi connectivity index (χ1v) is 7.98. The van der Waals surface area contributed by atoms with Crippen LogP contribution in [0.1, 0.15) is 17.1 Å². The van der Waals surface area contributed by atoms with Crippen LogP contribution in [0.3, 0.4) is 0 Å². The van der Waals surface area contributed by atoms with E-state index in [0.29, 0.717) is 19.5 Å². The molecule has 0 aliphatic heterocycles. The summed E-state index contributed by atoms with van der Waals surface area (Å²) in [6, 6.07) is 7.54. The van der Waals surface area contributed by atoms with Crippen LogP contribution in [0.15, 0.2) is 34.1 Å². The second-order valence-electron chi connectivity index (χ2n) is 4.34. The molecule has 4 nitrogen and oxygen atoms in total.